The van der Waals surface area contributed by atoms with Crippen molar-refractivity contribution in [2.45, 2.75) is 25.6 Å². The molecule has 0 aliphatic carbocycles. The molecule has 1 aromatic carbocycles. The Labute approximate surface area is 128 Å². The van der Waals surface area contributed by atoms with E-state index in [0.717, 1.165) is 27.7 Å². The quantitative estimate of drug-likeness (QED) is 0.832. The molecule has 0 aliphatic rings. The van der Waals surface area contributed by atoms with Crippen molar-refractivity contribution in [2.24, 2.45) is 7.05 Å². The number of benzene rings is 1. The van der Waals surface area contributed by atoms with Crippen molar-refractivity contribution >= 4 is 23.4 Å². The highest BCUT2D eigenvalue weighted by molar-refractivity contribution is 7.99. The van der Waals surface area contributed by atoms with Crippen molar-refractivity contribution in [2.75, 3.05) is 11.1 Å². The summed E-state index contributed by atoms with van der Waals surface area (Å²) in [6.07, 6.45) is 1.62. The number of imidazole rings is 1. The lowest BCUT2D eigenvalue weighted by Crippen LogP contribution is -2.15. The van der Waals surface area contributed by atoms with Crippen LogP contribution in [0.5, 0.6) is 0 Å². The molecule has 0 aliphatic heterocycles. The van der Waals surface area contributed by atoms with Gasteiger partial charge in [-0.2, -0.15) is 0 Å². The molecule has 1 amide bonds. The number of thioether (sulfide) groups is 1. The Morgan fingerprint density at radius 1 is 1.43 bits per heavy atom. The lowest BCUT2D eigenvalue weighted by Gasteiger charge is -2.10. The lowest BCUT2D eigenvalue weighted by atomic mass is 10.1. The van der Waals surface area contributed by atoms with E-state index >= 15 is 0 Å². The summed E-state index contributed by atoms with van der Waals surface area (Å²) in [6, 6.07) is 5.84. The van der Waals surface area contributed by atoms with E-state index in [-0.39, 0.29) is 18.3 Å². The van der Waals surface area contributed by atoms with E-state index < -0.39 is 0 Å². The summed E-state index contributed by atoms with van der Waals surface area (Å²) in [6.45, 7) is 3.95. The van der Waals surface area contributed by atoms with Crippen LogP contribution in [0.2, 0.25) is 0 Å². The van der Waals surface area contributed by atoms with Crippen molar-refractivity contribution in [3.8, 4) is 0 Å². The molecule has 2 N–H and O–H groups in total. The van der Waals surface area contributed by atoms with Gasteiger partial charge in [-0.3, -0.25) is 4.79 Å². The number of anilines is 1. The molecule has 0 spiro atoms. The summed E-state index contributed by atoms with van der Waals surface area (Å²) in [5.74, 6) is 0.213. The van der Waals surface area contributed by atoms with Crippen molar-refractivity contribution in [1.29, 1.82) is 0 Å². The Morgan fingerprint density at radius 2 is 2.19 bits per heavy atom. The standard InChI is InChI=1S/C15H19N3O2S/c1-10-5-4-6-13(11(10)2)17-14(20)9-21-15-16-7-12(8-19)18(15)3/h4-7,19H,8-9H2,1-3H3,(H,17,20). The maximum atomic E-state index is 12.0. The molecule has 0 radical (unpaired) electrons. The number of carbonyl (C=O) groups excluding carboxylic acids is 1. The predicted octanol–water partition coefficient (Wildman–Crippen LogP) is 2.26. The zero-order chi connectivity index (χ0) is 15.4. The molecule has 2 aromatic rings. The third-order valence-corrected chi connectivity index (χ3v) is 4.46. The number of aliphatic hydroxyl groups is 1. The zero-order valence-corrected chi connectivity index (χ0v) is 13.2. The Balaban J connectivity index is 1.96. The molecule has 2 rings (SSSR count). The first-order valence-electron chi connectivity index (χ1n) is 6.63. The molecule has 6 heteroatoms. The van der Waals surface area contributed by atoms with E-state index in [4.69, 9.17) is 5.11 Å². The minimum absolute atomic E-state index is 0.0568. The summed E-state index contributed by atoms with van der Waals surface area (Å²) in [5, 5.41) is 12.7. The predicted molar refractivity (Wildman–Crippen MR) is 84.4 cm³/mol. The molecule has 1 aromatic heterocycles. The van der Waals surface area contributed by atoms with Crippen LogP contribution in [0.25, 0.3) is 0 Å². The van der Waals surface area contributed by atoms with Crippen LogP contribution in [0, 0.1) is 13.8 Å². The highest BCUT2D eigenvalue weighted by atomic mass is 32.2. The van der Waals surface area contributed by atoms with E-state index in [9.17, 15) is 4.79 Å². The average Bonchev–Trinajstić information content (AvgIpc) is 2.82. The molecule has 0 unspecified atom stereocenters. The van der Waals surface area contributed by atoms with Gasteiger partial charge in [0.25, 0.3) is 0 Å². The van der Waals surface area contributed by atoms with E-state index in [1.165, 1.54) is 11.8 Å². The summed E-state index contributed by atoms with van der Waals surface area (Å²) in [4.78, 5) is 16.2. The highest BCUT2D eigenvalue weighted by Crippen LogP contribution is 2.20. The lowest BCUT2D eigenvalue weighted by molar-refractivity contribution is -0.113. The second-order valence-electron chi connectivity index (χ2n) is 4.83. The first-order valence-corrected chi connectivity index (χ1v) is 7.61. The van der Waals surface area contributed by atoms with Crippen molar-refractivity contribution in [3.05, 3.63) is 41.2 Å². The van der Waals surface area contributed by atoms with Crippen molar-refractivity contribution in [3.63, 3.8) is 0 Å². The SMILES string of the molecule is Cc1cccc(NC(=O)CSc2ncc(CO)n2C)c1C. The fourth-order valence-corrected chi connectivity index (χ4v) is 2.68. The van der Waals surface area contributed by atoms with Crippen LogP contribution < -0.4 is 5.32 Å². The smallest absolute Gasteiger partial charge is 0.234 e. The number of aromatic nitrogens is 2. The molecule has 112 valence electrons. The second kappa shape index (κ2) is 6.78. The van der Waals surface area contributed by atoms with Gasteiger partial charge < -0.3 is 15.0 Å². The van der Waals surface area contributed by atoms with Crippen LogP contribution in [-0.4, -0.2) is 26.3 Å². The van der Waals surface area contributed by atoms with Crippen LogP contribution in [0.1, 0.15) is 16.8 Å². The fraction of sp³-hybridized carbons (Fsp3) is 0.333. The van der Waals surface area contributed by atoms with Crippen molar-refractivity contribution < 1.29 is 9.90 Å². The number of hydrogen-bond acceptors (Lipinski definition) is 4. The summed E-state index contributed by atoms with van der Waals surface area (Å²) in [5.41, 5.74) is 3.80. The van der Waals surface area contributed by atoms with Crippen LogP contribution >= 0.6 is 11.8 Å². The minimum Gasteiger partial charge on any atom is -0.390 e. The molecular formula is C15H19N3O2S. The molecule has 0 saturated carbocycles. The Bertz CT molecular complexity index is 652. The van der Waals surface area contributed by atoms with E-state index in [2.05, 4.69) is 10.3 Å². The average molecular weight is 305 g/mol. The van der Waals surface area contributed by atoms with Gasteiger partial charge in [0.15, 0.2) is 5.16 Å². The third kappa shape index (κ3) is 3.65. The van der Waals surface area contributed by atoms with E-state index in [1.54, 1.807) is 10.8 Å². The van der Waals surface area contributed by atoms with Gasteiger partial charge in [-0.1, -0.05) is 23.9 Å². The maximum Gasteiger partial charge on any atom is 0.234 e. The molecule has 0 fully saturated rings. The first kappa shape index (κ1) is 15.6. The van der Waals surface area contributed by atoms with Gasteiger partial charge in [0.05, 0.1) is 24.3 Å². The fourth-order valence-electron chi connectivity index (χ4n) is 1.91. The normalized spacial score (nSPS) is 10.7. The van der Waals surface area contributed by atoms with Gasteiger partial charge in [-0.15, -0.1) is 0 Å². The number of carbonyl (C=O) groups is 1. The largest absolute Gasteiger partial charge is 0.390 e. The molecule has 0 atom stereocenters. The Kier molecular flexibility index (Phi) is 5.03. The molecule has 0 bridgehead atoms. The monoisotopic (exact) mass is 305 g/mol. The van der Waals surface area contributed by atoms with Gasteiger partial charge in [-0.05, 0) is 31.0 Å². The number of nitrogens with one attached hydrogen (secondary N) is 1. The molecule has 21 heavy (non-hydrogen) atoms. The first-order chi connectivity index (χ1) is 10.0. The van der Waals surface area contributed by atoms with Gasteiger partial charge in [0, 0.05) is 12.7 Å². The second-order valence-corrected chi connectivity index (χ2v) is 5.78. The Morgan fingerprint density at radius 3 is 2.86 bits per heavy atom. The number of aryl methyl sites for hydroxylation is 1. The molecule has 5 nitrogen and oxygen atoms in total. The van der Waals surface area contributed by atoms with Crippen LogP contribution in [-0.2, 0) is 18.4 Å². The van der Waals surface area contributed by atoms with Gasteiger partial charge in [0.1, 0.15) is 0 Å². The number of hydrogen-bond donors (Lipinski definition) is 2. The van der Waals surface area contributed by atoms with Crippen LogP contribution in [0.15, 0.2) is 29.6 Å². The van der Waals surface area contributed by atoms with Gasteiger partial charge in [-0.25, -0.2) is 4.98 Å². The van der Waals surface area contributed by atoms with E-state index in [0.29, 0.717) is 0 Å². The summed E-state index contributed by atoms with van der Waals surface area (Å²) in [7, 11) is 1.82. The number of nitrogens with zero attached hydrogens (tertiary/aromatic N) is 2. The van der Waals surface area contributed by atoms with Gasteiger partial charge in [0.2, 0.25) is 5.91 Å². The molecule has 0 saturated heterocycles. The highest BCUT2D eigenvalue weighted by Gasteiger charge is 2.10. The Hall–Kier alpha value is -1.79. The summed E-state index contributed by atoms with van der Waals surface area (Å²) >= 11 is 1.35. The van der Waals surface area contributed by atoms with Crippen molar-refractivity contribution in [1.82, 2.24) is 9.55 Å². The van der Waals surface area contributed by atoms with Crippen LogP contribution in [0.3, 0.4) is 0 Å². The maximum absolute atomic E-state index is 12.0. The zero-order valence-electron chi connectivity index (χ0n) is 12.4. The number of amides is 1. The molecule has 1 heterocycles. The number of rotatable bonds is 5. The van der Waals surface area contributed by atoms with Gasteiger partial charge >= 0.3 is 0 Å². The summed E-state index contributed by atoms with van der Waals surface area (Å²) < 4.78 is 1.79. The third-order valence-electron chi connectivity index (χ3n) is 3.41. The van der Waals surface area contributed by atoms with E-state index in [1.807, 2.05) is 39.1 Å². The number of aliphatic hydroxyl groups excluding tert-OH is 1. The minimum atomic E-state index is -0.0674. The van der Waals surface area contributed by atoms with Crippen LogP contribution in [0.4, 0.5) is 5.69 Å². The topological polar surface area (TPSA) is 67.2 Å². The molecular weight excluding hydrogens is 286 g/mol.